The maximum absolute atomic E-state index is 13.1. The summed E-state index contributed by atoms with van der Waals surface area (Å²) < 4.78 is 6.02. The van der Waals surface area contributed by atoms with E-state index in [1.54, 1.807) is 6.92 Å². The number of esters is 1. The molecule has 4 saturated carbocycles. The van der Waals surface area contributed by atoms with Crippen molar-refractivity contribution >= 4 is 5.97 Å². The molecular weight excluding hydrogens is 530 g/mol. The Kier molecular flexibility index (Phi) is 7.43. The van der Waals surface area contributed by atoms with Crippen molar-refractivity contribution in [3.63, 3.8) is 0 Å². The Hall–Kier alpha value is -0.850. The Morgan fingerprint density at radius 1 is 1.00 bits per heavy atom. The van der Waals surface area contributed by atoms with E-state index in [0.717, 1.165) is 19.4 Å². The predicted molar refractivity (Wildman–Crippen MR) is 147 cm³/mol. The fraction of sp³-hybridized carbons (Fsp3) is 0.968. The molecule has 6 rings (SSSR count). The second-order valence-corrected chi connectivity index (χ2v) is 15.1. The summed E-state index contributed by atoms with van der Waals surface area (Å²) in [5.41, 5.74) is -4.58. The first-order valence-corrected chi connectivity index (χ1v) is 16.0. The van der Waals surface area contributed by atoms with Gasteiger partial charge in [0, 0.05) is 36.4 Å². The van der Waals surface area contributed by atoms with Gasteiger partial charge in [-0.15, -0.1) is 0 Å². The van der Waals surface area contributed by atoms with Crippen LogP contribution in [0.2, 0.25) is 0 Å². The molecular formula is C31H51NO9. The Balaban J connectivity index is 1.45. The molecule has 4 aliphatic carbocycles. The molecule has 0 bridgehead atoms. The van der Waals surface area contributed by atoms with E-state index in [4.69, 9.17) is 4.74 Å². The van der Waals surface area contributed by atoms with E-state index in [0.29, 0.717) is 25.3 Å². The van der Waals surface area contributed by atoms with Crippen LogP contribution in [-0.4, -0.2) is 114 Å². The summed E-state index contributed by atoms with van der Waals surface area (Å²) in [5, 5.41) is 82.4. The van der Waals surface area contributed by atoms with E-state index >= 15 is 0 Å². The van der Waals surface area contributed by atoms with Crippen molar-refractivity contribution in [2.24, 2.45) is 46.8 Å². The second-order valence-electron chi connectivity index (χ2n) is 15.1. The van der Waals surface area contributed by atoms with Crippen molar-refractivity contribution in [1.82, 2.24) is 4.90 Å². The molecule has 234 valence electrons. The zero-order valence-electron chi connectivity index (χ0n) is 24.8. The molecule has 6 aliphatic rings. The van der Waals surface area contributed by atoms with Gasteiger partial charge < -0.3 is 40.5 Å². The van der Waals surface area contributed by atoms with Crippen LogP contribution in [-0.2, 0) is 9.53 Å². The van der Waals surface area contributed by atoms with E-state index in [9.17, 15) is 40.5 Å². The fourth-order valence-corrected chi connectivity index (χ4v) is 10.8. The SMILES string of the molecule is CCC(C)C(=O)O[C@@H]1C2C(CN3C[C@@H](C)CCC3[C@H]2O)C2C[C@@]3(O)C([C@H](O)CC4[C@@H](O)[C@@H](O)CC[C@@]43C)[C@]2(O)[C@H]1O. The molecule has 0 spiro atoms. The van der Waals surface area contributed by atoms with Gasteiger partial charge in [-0.2, -0.15) is 0 Å². The second kappa shape index (κ2) is 10.1. The summed E-state index contributed by atoms with van der Waals surface area (Å²) in [5.74, 6) is -3.97. The number of piperidine rings is 2. The number of ether oxygens (including phenoxy) is 1. The zero-order valence-corrected chi connectivity index (χ0v) is 24.8. The molecule has 0 aromatic rings. The molecule has 17 atom stereocenters. The average molecular weight is 582 g/mol. The van der Waals surface area contributed by atoms with E-state index in [-0.39, 0.29) is 25.3 Å². The molecule has 6 fully saturated rings. The van der Waals surface area contributed by atoms with Crippen LogP contribution in [0.15, 0.2) is 0 Å². The Bertz CT molecular complexity index is 1030. The van der Waals surface area contributed by atoms with Crippen molar-refractivity contribution in [3.05, 3.63) is 0 Å². The van der Waals surface area contributed by atoms with Crippen LogP contribution in [0.4, 0.5) is 0 Å². The third kappa shape index (κ3) is 4.01. The van der Waals surface area contributed by atoms with Gasteiger partial charge in [-0.3, -0.25) is 9.69 Å². The van der Waals surface area contributed by atoms with Gasteiger partial charge in [0.15, 0.2) is 0 Å². The maximum Gasteiger partial charge on any atom is 0.309 e. The van der Waals surface area contributed by atoms with Crippen molar-refractivity contribution < 1.29 is 45.3 Å². The minimum atomic E-state index is -1.99. The maximum atomic E-state index is 13.1. The molecule has 0 radical (unpaired) electrons. The molecule has 0 aromatic heterocycles. The topological polar surface area (TPSA) is 171 Å². The highest BCUT2D eigenvalue weighted by Gasteiger charge is 2.79. The van der Waals surface area contributed by atoms with Gasteiger partial charge in [0.05, 0.1) is 35.9 Å². The average Bonchev–Trinajstić information content (AvgIpc) is 3.20. The summed E-state index contributed by atoms with van der Waals surface area (Å²) in [6.07, 6.45) is -3.98. The summed E-state index contributed by atoms with van der Waals surface area (Å²) in [6.45, 7) is 8.98. The third-order valence-electron chi connectivity index (χ3n) is 13.2. The van der Waals surface area contributed by atoms with E-state index in [2.05, 4.69) is 11.8 Å². The number of hydrogen-bond donors (Lipinski definition) is 7. The van der Waals surface area contributed by atoms with E-state index in [1.807, 2.05) is 13.8 Å². The summed E-state index contributed by atoms with van der Waals surface area (Å²) in [7, 11) is 0. The number of nitrogens with zero attached hydrogens (tertiary/aromatic N) is 1. The highest BCUT2D eigenvalue weighted by Crippen LogP contribution is 2.70. The lowest BCUT2D eigenvalue weighted by atomic mass is 9.47. The van der Waals surface area contributed by atoms with Gasteiger partial charge in [0.25, 0.3) is 0 Å². The lowest BCUT2D eigenvalue weighted by Crippen LogP contribution is -2.75. The van der Waals surface area contributed by atoms with Crippen LogP contribution in [0, 0.1) is 46.8 Å². The molecule has 2 heterocycles. The molecule has 10 nitrogen and oxygen atoms in total. The highest BCUT2D eigenvalue weighted by atomic mass is 16.6. The van der Waals surface area contributed by atoms with Gasteiger partial charge >= 0.3 is 5.97 Å². The monoisotopic (exact) mass is 581 g/mol. The van der Waals surface area contributed by atoms with Crippen molar-refractivity contribution in [2.45, 2.75) is 127 Å². The molecule has 0 aromatic carbocycles. The number of hydrogen-bond acceptors (Lipinski definition) is 10. The quantitative estimate of drug-likeness (QED) is 0.226. The number of fused-ring (bicyclic) bond motifs is 8. The molecule has 2 aliphatic heterocycles. The lowest BCUT2D eigenvalue weighted by Gasteiger charge is -2.63. The van der Waals surface area contributed by atoms with Crippen molar-refractivity contribution in [3.8, 4) is 0 Å². The van der Waals surface area contributed by atoms with Crippen molar-refractivity contribution in [1.29, 1.82) is 0 Å². The fourth-order valence-electron chi connectivity index (χ4n) is 10.8. The molecule has 10 heteroatoms. The summed E-state index contributed by atoms with van der Waals surface area (Å²) in [6, 6.07) is -0.148. The van der Waals surface area contributed by atoms with Crippen LogP contribution in [0.5, 0.6) is 0 Å². The molecule has 7 unspecified atom stereocenters. The molecule has 41 heavy (non-hydrogen) atoms. The smallest absolute Gasteiger partial charge is 0.309 e. The van der Waals surface area contributed by atoms with Crippen molar-refractivity contribution in [2.75, 3.05) is 13.1 Å². The Morgan fingerprint density at radius 2 is 1.71 bits per heavy atom. The standard InChI is InChI=1S/C31H51NO9/c1-5-15(3)28(38)41-25-22-16(13-32-12-14(2)6-7-19(32)24(22)36)18-11-30(39)26(31(18,40)27(25)37)21(34)10-17-23(35)20(33)8-9-29(17,30)4/h14-27,33-37,39-40H,5-13H2,1-4H3/t14-,15?,16?,17?,18?,19?,20-,21+,22?,23+,24+,25+,26?,27-,29-,30+,31-/m0/s1. The highest BCUT2D eigenvalue weighted by molar-refractivity contribution is 5.72. The van der Waals surface area contributed by atoms with Crippen LogP contribution in [0.25, 0.3) is 0 Å². The Labute approximate surface area is 242 Å². The summed E-state index contributed by atoms with van der Waals surface area (Å²) >= 11 is 0. The normalized spacial score (nSPS) is 57.4. The minimum absolute atomic E-state index is 0.0587. The van der Waals surface area contributed by atoms with Crippen LogP contribution in [0.3, 0.4) is 0 Å². The first-order valence-electron chi connectivity index (χ1n) is 16.0. The number of aliphatic hydroxyl groups is 7. The van der Waals surface area contributed by atoms with E-state index in [1.165, 1.54) is 0 Å². The molecule has 7 N–H and O–H groups in total. The largest absolute Gasteiger partial charge is 0.459 e. The first-order chi connectivity index (χ1) is 19.2. The number of carbonyl (C=O) groups is 1. The molecule has 0 amide bonds. The van der Waals surface area contributed by atoms with Crippen LogP contribution in [0.1, 0.15) is 72.6 Å². The Morgan fingerprint density at radius 3 is 2.39 bits per heavy atom. The summed E-state index contributed by atoms with van der Waals surface area (Å²) in [4.78, 5) is 15.4. The number of aliphatic hydroxyl groups excluding tert-OH is 5. The van der Waals surface area contributed by atoms with E-state index < -0.39 is 94.7 Å². The zero-order chi connectivity index (χ0) is 29.8. The number of carbonyl (C=O) groups excluding carboxylic acids is 1. The first kappa shape index (κ1) is 30.2. The van der Waals surface area contributed by atoms with Crippen LogP contribution >= 0.6 is 0 Å². The lowest BCUT2D eigenvalue weighted by molar-refractivity contribution is -0.296. The number of rotatable bonds is 3. The predicted octanol–water partition coefficient (Wildman–Crippen LogP) is 0.0272. The molecule has 2 saturated heterocycles. The third-order valence-corrected chi connectivity index (χ3v) is 13.2. The van der Waals surface area contributed by atoms with Gasteiger partial charge in [0.1, 0.15) is 17.8 Å². The van der Waals surface area contributed by atoms with Gasteiger partial charge in [-0.05, 0) is 68.6 Å². The van der Waals surface area contributed by atoms with Crippen LogP contribution < -0.4 is 0 Å². The van der Waals surface area contributed by atoms with Gasteiger partial charge in [-0.1, -0.05) is 27.7 Å². The van der Waals surface area contributed by atoms with Gasteiger partial charge in [0.2, 0.25) is 0 Å². The van der Waals surface area contributed by atoms with Gasteiger partial charge in [-0.25, -0.2) is 0 Å². The minimum Gasteiger partial charge on any atom is -0.459 e.